The van der Waals surface area contributed by atoms with Gasteiger partial charge in [0.05, 0.1) is 11.6 Å². The number of carbonyl (C=O) groups excluding carboxylic acids is 2. The summed E-state index contributed by atoms with van der Waals surface area (Å²) in [6.45, 7) is 4.60. The Hall–Kier alpha value is -2.83. The van der Waals surface area contributed by atoms with E-state index in [1.165, 1.54) is 0 Å². The molecule has 1 aromatic heterocycles. The lowest BCUT2D eigenvalue weighted by Gasteiger charge is -2.31. The van der Waals surface area contributed by atoms with Crippen LogP contribution in [-0.2, 0) is 4.79 Å². The monoisotopic (exact) mass is 342 g/mol. The van der Waals surface area contributed by atoms with Crippen molar-refractivity contribution in [3.05, 3.63) is 41.8 Å². The molecule has 0 saturated carbocycles. The molecule has 7 heteroatoms. The zero-order valence-electron chi connectivity index (χ0n) is 14.4. The Balaban J connectivity index is 1.58. The van der Waals surface area contributed by atoms with E-state index >= 15 is 0 Å². The lowest BCUT2D eigenvalue weighted by atomic mass is 9.97. The molecule has 0 spiro atoms. The Labute approximate surface area is 146 Å². The molecule has 2 N–H and O–H groups in total. The zero-order chi connectivity index (χ0) is 17.8. The third-order valence-electron chi connectivity index (χ3n) is 4.36. The van der Waals surface area contributed by atoms with Crippen LogP contribution in [0.1, 0.15) is 24.3 Å². The molecule has 1 aliphatic heterocycles. The number of carbonyl (C=O) groups is 2. The van der Waals surface area contributed by atoms with Crippen molar-refractivity contribution >= 4 is 23.6 Å². The molecule has 7 nitrogen and oxygen atoms in total. The van der Waals surface area contributed by atoms with Crippen LogP contribution in [0.15, 0.2) is 34.7 Å². The zero-order valence-corrected chi connectivity index (χ0v) is 14.4. The van der Waals surface area contributed by atoms with Crippen LogP contribution in [0.4, 0.5) is 16.5 Å². The Bertz CT molecular complexity index is 737. The lowest BCUT2D eigenvalue weighted by Crippen LogP contribution is -2.45. The summed E-state index contributed by atoms with van der Waals surface area (Å²) in [4.78, 5) is 30.6. The minimum absolute atomic E-state index is 0.0634. The number of aromatic nitrogens is 1. The summed E-state index contributed by atoms with van der Waals surface area (Å²) in [6, 6.07) is 9.23. The van der Waals surface area contributed by atoms with Gasteiger partial charge < -0.3 is 14.6 Å². The number of benzene rings is 1. The quantitative estimate of drug-likeness (QED) is 0.897. The van der Waals surface area contributed by atoms with Gasteiger partial charge in [-0.1, -0.05) is 18.2 Å². The maximum Gasteiger partial charge on any atom is 0.325 e. The van der Waals surface area contributed by atoms with Gasteiger partial charge in [0.25, 0.3) is 0 Å². The van der Waals surface area contributed by atoms with Crippen LogP contribution in [0.25, 0.3) is 0 Å². The number of oxazole rings is 1. The van der Waals surface area contributed by atoms with E-state index in [4.69, 9.17) is 4.42 Å². The fourth-order valence-electron chi connectivity index (χ4n) is 2.84. The van der Waals surface area contributed by atoms with Gasteiger partial charge in [-0.15, -0.1) is 0 Å². The van der Waals surface area contributed by atoms with E-state index < -0.39 is 0 Å². The van der Waals surface area contributed by atoms with E-state index in [2.05, 4.69) is 15.6 Å². The normalized spacial score (nSPS) is 17.2. The molecule has 2 aromatic rings. The molecule has 0 radical (unpaired) electrons. The molecule has 25 heavy (non-hydrogen) atoms. The van der Waals surface area contributed by atoms with Crippen LogP contribution >= 0.6 is 0 Å². The van der Waals surface area contributed by atoms with Crippen molar-refractivity contribution < 1.29 is 14.0 Å². The number of anilines is 2. The average molecular weight is 342 g/mol. The van der Waals surface area contributed by atoms with Crippen LogP contribution in [-0.4, -0.2) is 34.9 Å². The number of urea groups is 1. The molecule has 1 fully saturated rings. The molecule has 1 aromatic carbocycles. The van der Waals surface area contributed by atoms with Crippen molar-refractivity contribution in [3.63, 3.8) is 0 Å². The second-order valence-corrected chi connectivity index (χ2v) is 6.23. The molecule has 0 bridgehead atoms. The first kappa shape index (κ1) is 17.0. The molecule has 3 amide bonds. The molecular formula is C18H22N4O3. The number of hydrogen-bond acceptors (Lipinski definition) is 4. The first-order valence-corrected chi connectivity index (χ1v) is 8.39. The van der Waals surface area contributed by atoms with Crippen molar-refractivity contribution in [2.24, 2.45) is 5.92 Å². The summed E-state index contributed by atoms with van der Waals surface area (Å²) >= 11 is 0. The van der Waals surface area contributed by atoms with Gasteiger partial charge in [0.2, 0.25) is 5.91 Å². The highest BCUT2D eigenvalue weighted by Gasteiger charge is 2.29. The minimum Gasteiger partial charge on any atom is -0.428 e. The van der Waals surface area contributed by atoms with E-state index in [0.29, 0.717) is 18.8 Å². The number of aryl methyl sites for hydroxylation is 2. The van der Waals surface area contributed by atoms with E-state index in [0.717, 1.165) is 24.2 Å². The molecule has 1 atom stereocenters. The van der Waals surface area contributed by atoms with E-state index in [9.17, 15) is 9.59 Å². The summed E-state index contributed by atoms with van der Waals surface area (Å²) in [6.07, 6.45) is 1.55. The van der Waals surface area contributed by atoms with Gasteiger partial charge in [0, 0.05) is 18.8 Å². The largest absolute Gasteiger partial charge is 0.428 e. The molecule has 1 saturated heterocycles. The number of piperidine rings is 1. The Kier molecular flexibility index (Phi) is 5.02. The number of para-hydroxylation sites is 1. The third-order valence-corrected chi connectivity index (χ3v) is 4.36. The van der Waals surface area contributed by atoms with Gasteiger partial charge in [-0.2, -0.15) is 4.98 Å². The maximum absolute atomic E-state index is 12.4. The fourth-order valence-corrected chi connectivity index (χ4v) is 2.84. The highest BCUT2D eigenvalue weighted by molar-refractivity contribution is 5.93. The summed E-state index contributed by atoms with van der Waals surface area (Å²) in [5, 5.41) is 5.56. The molecule has 2 heterocycles. The topological polar surface area (TPSA) is 87.5 Å². The van der Waals surface area contributed by atoms with Crippen molar-refractivity contribution in [1.82, 2.24) is 9.88 Å². The molecule has 0 unspecified atom stereocenters. The second-order valence-electron chi connectivity index (χ2n) is 6.23. The molecule has 0 aliphatic carbocycles. The van der Waals surface area contributed by atoms with E-state index in [-0.39, 0.29) is 23.9 Å². The predicted molar refractivity (Wildman–Crippen MR) is 94.4 cm³/mol. The van der Waals surface area contributed by atoms with Crippen LogP contribution < -0.4 is 10.6 Å². The van der Waals surface area contributed by atoms with Crippen molar-refractivity contribution in [1.29, 1.82) is 0 Å². The molecule has 1 aliphatic rings. The molecule has 132 valence electrons. The predicted octanol–water partition coefficient (Wildman–Crippen LogP) is 3.17. The first-order chi connectivity index (χ1) is 12.0. The SMILES string of the molecule is Cc1nc(NC(=O)N2CCC[C@H](C(=O)Nc3ccccc3)C2)oc1C. The Morgan fingerprint density at radius 2 is 1.96 bits per heavy atom. The van der Waals surface area contributed by atoms with Gasteiger partial charge in [0.1, 0.15) is 5.76 Å². The number of likely N-dealkylation sites (tertiary alicyclic amines) is 1. The third kappa shape index (κ3) is 4.17. The van der Waals surface area contributed by atoms with Gasteiger partial charge in [-0.25, -0.2) is 4.79 Å². The van der Waals surface area contributed by atoms with Crippen molar-refractivity contribution in [3.8, 4) is 0 Å². The number of hydrogen-bond donors (Lipinski definition) is 2. The van der Waals surface area contributed by atoms with Crippen LogP contribution in [0.5, 0.6) is 0 Å². The standard InChI is InChI=1S/C18H22N4O3/c1-12-13(2)25-17(19-12)21-18(24)22-10-6-7-14(11-22)16(23)20-15-8-4-3-5-9-15/h3-5,8-9,14H,6-7,10-11H2,1-2H3,(H,20,23)(H,19,21,24)/t14-/m0/s1. The first-order valence-electron chi connectivity index (χ1n) is 8.39. The number of amides is 3. The Morgan fingerprint density at radius 3 is 2.64 bits per heavy atom. The van der Waals surface area contributed by atoms with Gasteiger partial charge in [0.15, 0.2) is 0 Å². The van der Waals surface area contributed by atoms with E-state index in [1.807, 2.05) is 37.3 Å². The highest BCUT2D eigenvalue weighted by atomic mass is 16.4. The highest BCUT2D eigenvalue weighted by Crippen LogP contribution is 2.20. The number of nitrogens with one attached hydrogen (secondary N) is 2. The van der Waals surface area contributed by atoms with Crippen molar-refractivity contribution in [2.75, 3.05) is 23.7 Å². The molecule has 3 rings (SSSR count). The van der Waals surface area contributed by atoms with Gasteiger partial charge in [-0.05, 0) is 38.8 Å². The summed E-state index contributed by atoms with van der Waals surface area (Å²) in [7, 11) is 0. The van der Waals surface area contributed by atoms with Crippen LogP contribution in [0.3, 0.4) is 0 Å². The minimum atomic E-state index is -0.293. The summed E-state index contributed by atoms with van der Waals surface area (Å²) in [5.41, 5.74) is 1.51. The van der Waals surface area contributed by atoms with Crippen molar-refractivity contribution in [2.45, 2.75) is 26.7 Å². The Morgan fingerprint density at radius 1 is 1.20 bits per heavy atom. The maximum atomic E-state index is 12.4. The number of rotatable bonds is 3. The summed E-state index contributed by atoms with van der Waals surface area (Å²) in [5.74, 6) is 0.383. The average Bonchev–Trinajstić information content (AvgIpc) is 2.93. The van der Waals surface area contributed by atoms with Crippen LogP contribution in [0, 0.1) is 19.8 Å². The lowest BCUT2D eigenvalue weighted by molar-refractivity contribution is -0.121. The van der Waals surface area contributed by atoms with E-state index in [1.54, 1.807) is 11.8 Å². The second kappa shape index (κ2) is 7.38. The van der Waals surface area contributed by atoms with Gasteiger partial charge in [-0.3, -0.25) is 10.1 Å². The fraction of sp³-hybridized carbons (Fsp3) is 0.389. The smallest absolute Gasteiger partial charge is 0.325 e. The van der Waals surface area contributed by atoms with Crippen LogP contribution in [0.2, 0.25) is 0 Å². The molecular weight excluding hydrogens is 320 g/mol. The summed E-state index contributed by atoms with van der Waals surface area (Å²) < 4.78 is 5.38. The number of nitrogens with zero attached hydrogens (tertiary/aromatic N) is 2. The van der Waals surface area contributed by atoms with Gasteiger partial charge >= 0.3 is 12.0 Å².